The Hall–Kier alpha value is -2.31. The van der Waals surface area contributed by atoms with E-state index in [0.29, 0.717) is 12.0 Å². The molecule has 3 rings (SSSR count). The highest BCUT2D eigenvalue weighted by Gasteiger charge is 2.45. The normalized spacial score (nSPS) is 32.3. The summed E-state index contributed by atoms with van der Waals surface area (Å²) in [6.45, 7) is 10.6. The third kappa shape index (κ3) is 4.71. The molecule has 1 aromatic carbocycles. The molecule has 0 N–H and O–H groups in total. The number of ether oxygens (including phenoxy) is 3. The zero-order chi connectivity index (χ0) is 22.2. The minimum absolute atomic E-state index is 0.334. The lowest BCUT2D eigenvalue weighted by atomic mass is 9.96. The summed E-state index contributed by atoms with van der Waals surface area (Å²) in [5.41, 5.74) is 3.04. The van der Waals surface area contributed by atoms with E-state index in [0.717, 1.165) is 16.7 Å². The van der Waals surface area contributed by atoms with Crippen molar-refractivity contribution in [3.05, 3.63) is 52.4 Å². The molecular formula is C24H29FO5. The molecule has 0 radical (unpaired) electrons. The van der Waals surface area contributed by atoms with E-state index in [9.17, 15) is 14.0 Å². The van der Waals surface area contributed by atoms with Crippen LogP contribution in [0.25, 0.3) is 6.08 Å². The van der Waals surface area contributed by atoms with E-state index in [-0.39, 0.29) is 0 Å². The van der Waals surface area contributed by atoms with Crippen molar-refractivity contribution in [1.29, 1.82) is 0 Å². The van der Waals surface area contributed by atoms with Crippen LogP contribution in [0.1, 0.15) is 61.2 Å². The van der Waals surface area contributed by atoms with Crippen molar-refractivity contribution < 1.29 is 28.2 Å². The summed E-state index contributed by atoms with van der Waals surface area (Å²) >= 11 is 0. The number of carbonyl (C=O) groups is 2. The van der Waals surface area contributed by atoms with Crippen LogP contribution in [0, 0.1) is 19.8 Å². The largest absolute Gasteiger partial charge is 0.458 e. The molecule has 6 heteroatoms. The van der Waals surface area contributed by atoms with Crippen molar-refractivity contribution in [3.8, 4) is 0 Å². The molecule has 0 aromatic heterocycles. The fraction of sp³-hybridized carbons (Fsp3) is 0.500. The maximum absolute atomic E-state index is 14.7. The van der Waals surface area contributed by atoms with Gasteiger partial charge in [-0.1, -0.05) is 36.8 Å². The second-order valence-corrected chi connectivity index (χ2v) is 8.63. The van der Waals surface area contributed by atoms with Crippen molar-refractivity contribution in [2.75, 3.05) is 0 Å². The summed E-state index contributed by atoms with van der Waals surface area (Å²) in [5, 5.41) is 0. The van der Waals surface area contributed by atoms with Gasteiger partial charge in [0.15, 0.2) is 17.7 Å². The molecule has 1 unspecified atom stereocenters. The Bertz CT molecular complexity index is 914. The first-order valence-electron chi connectivity index (χ1n) is 10.2. The average Bonchev–Trinajstić information content (AvgIpc) is 2.94. The predicted molar refractivity (Wildman–Crippen MR) is 112 cm³/mol. The molecule has 1 fully saturated rings. The smallest absolute Gasteiger partial charge is 0.339 e. The maximum Gasteiger partial charge on any atom is 0.339 e. The van der Waals surface area contributed by atoms with Crippen LogP contribution in [-0.2, 0) is 19.0 Å². The molecule has 30 heavy (non-hydrogen) atoms. The first kappa shape index (κ1) is 22.4. The van der Waals surface area contributed by atoms with E-state index in [4.69, 9.17) is 14.2 Å². The third-order valence-electron chi connectivity index (χ3n) is 5.50. The fourth-order valence-electron chi connectivity index (χ4n) is 3.89. The number of hydrogen-bond acceptors (Lipinski definition) is 5. The van der Waals surface area contributed by atoms with Crippen LogP contribution in [0.5, 0.6) is 0 Å². The van der Waals surface area contributed by atoms with Crippen LogP contribution in [-0.4, -0.2) is 35.9 Å². The fourth-order valence-corrected chi connectivity index (χ4v) is 3.89. The molecular weight excluding hydrogens is 387 g/mol. The number of halogens is 1. The summed E-state index contributed by atoms with van der Waals surface area (Å²) < 4.78 is 31.9. The van der Waals surface area contributed by atoms with Crippen LogP contribution < -0.4 is 0 Å². The highest BCUT2D eigenvalue weighted by molar-refractivity contribution is 5.98. The number of hydrogen-bond donors (Lipinski definition) is 0. The van der Waals surface area contributed by atoms with Gasteiger partial charge in [0.25, 0.3) is 0 Å². The Kier molecular flexibility index (Phi) is 6.29. The second-order valence-electron chi connectivity index (χ2n) is 8.63. The molecule has 0 amide bonds. The average molecular weight is 416 g/mol. The van der Waals surface area contributed by atoms with Crippen molar-refractivity contribution in [2.45, 2.75) is 72.1 Å². The Balaban J connectivity index is 2.07. The number of ketones is 1. The quantitative estimate of drug-likeness (QED) is 0.566. The molecule has 2 heterocycles. The number of fused-ring (bicyclic) bond motifs is 2. The summed E-state index contributed by atoms with van der Waals surface area (Å²) in [6.07, 6.45) is 2.88. The Morgan fingerprint density at radius 2 is 1.80 bits per heavy atom. The van der Waals surface area contributed by atoms with E-state index in [1.165, 1.54) is 6.08 Å². The van der Waals surface area contributed by atoms with Crippen LogP contribution in [0.2, 0.25) is 0 Å². The molecule has 4 atom stereocenters. The van der Waals surface area contributed by atoms with Crippen LogP contribution >= 0.6 is 0 Å². The molecule has 0 aliphatic carbocycles. The Labute approximate surface area is 176 Å². The highest BCUT2D eigenvalue weighted by atomic mass is 19.1. The van der Waals surface area contributed by atoms with Crippen molar-refractivity contribution in [1.82, 2.24) is 0 Å². The summed E-state index contributed by atoms with van der Waals surface area (Å²) in [4.78, 5) is 25.6. The predicted octanol–water partition coefficient (Wildman–Crippen LogP) is 4.84. The second kappa shape index (κ2) is 8.44. The zero-order valence-corrected chi connectivity index (χ0v) is 18.3. The molecule has 1 aromatic rings. The van der Waals surface area contributed by atoms with Crippen molar-refractivity contribution in [3.63, 3.8) is 0 Å². The van der Waals surface area contributed by atoms with E-state index in [1.54, 1.807) is 27.7 Å². The van der Waals surface area contributed by atoms with Gasteiger partial charge in [0, 0.05) is 5.92 Å². The minimum atomic E-state index is -1.03. The molecule has 2 aliphatic heterocycles. The van der Waals surface area contributed by atoms with Gasteiger partial charge in [-0.2, -0.15) is 0 Å². The lowest BCUT2D eigenvalue weighted by Gasteiger charge is -2.21. The van der Waals surface area contributed by atoms with Crippen molar-refractivity contribution in [2.24, 2.45) is 5.92 Å². The van der Waals surface area contributed by atoms with E-state index in [2.05, 4.69) is 0 Å². The van der Waals surface area contributed by atoms with Gasteiger partial charge in [-0.05, 0) is 58.2 Å². The van der Waals surface area contributed by atoms with E-state index < -0.39 is 47.6 Å². The van der Waals surface area contributed by atoms with Gasteiger partial charge < -0.3 is 14.2 Å². The number of cyclic esters (lactones) is 1. The summed E-state index contributed by atoms with van der Waals surface area (Å²) in [7, 11) is 0. The number of esters is 1. The van der Waals surface area contributed by atoms with Crippen LogP contribution in [0.3, 0.4) is 0 Å². The Morgan fingerprint density at radius 3 is 2.50 bits per heavy atom. The van der Waals surface area contributed by atoms with Gasteiger partial charge in [0.2, 0.25) is 5.78 Å². The number of rotatable bonds is 0. The molecule has 2 aliphatic rings. The molecule has 162 valence electrons. The topological polar surface area (TPSA) is 61.8 Å². The van der Waals surface area contributed by atoms with Gasteiger partial charge >= 0.3 is 5.97 Å². The first-order valence-corrected chi connectivity index (χ1v) is 10.2. The highest BCUT2D eigenvalue weighted by Crippen LogP contribution is 2.33. The van der Waals surface area contributed by atoms with Gasteiger partial charge in [-0.3, -0.25) is 4.79 Å². The molecule has 0 saturated carbocycles. The molecule has 0 spiro atoms. The number of Topliss-reactive ketones (excluding diaryl/α,β-unsaturated/α-hetero) is 1. The lowest BCUT2D eigenvalue weighted by Crippen LogP contribution is -2.32. The minimum Gasteiger partial charge on any atom is -0.458 e. The SMILES string of the molecule is Cc1cc(C)c2c(c1)/C=C/C[C@@H]1OC(C)(C)OC1C(=O)/C(F)=C\[C@@H](C)[C@H](C)OC2=O. The monoisotopic (exact) mass is 416 g/mol. The van der Waals surface area contributed by atoms with E-state index >= 15 is 0 Å². The summed E-state index contributed by atoms with van der Waals surface area (Å²) in [6, 6.07) is 3.84. The molecule has 5 nitrogen and oxygen atoms in total. The van der Waals surface area contributed by atoms with Crippen molar-refractivity contribution >= 4 is 17.8 Å². The number of benzene rings is 1. The summed E-state index contributed by atoms with van der Waals surface area (Å²) in [5.74, 6) is -3.62. The van der Waals surface area contributed by atoms with Gasteiger partial charge in [-0.25, -0.2) is 9.18 Å². The van der Waals surface area contributed by atoms with Gasteiger partial charge in [0.05, 0.1) is 11.7 Å². The van der Waals surface area contributed by atoms with Crippen LogP contribution in [0.4, 0.5) is 4.39 Å². The van der Waals surface area contributed by atoms with Gasteiger partial charge in [0.1, 0.15) is 6.10 Å². The maximum atomic E-state index is 14.7. The lowest BCUT2D eigenvalue weighted by molar-refractivity contribution is -0.153. The molecule has 0 bridgehead atoms. The van der Waals surface area contributed by atoms with E-state index in [1.807, 2.05) is 38.1 Å². The standard InChI is InChI=1S/C24H29FO5/c1-13-10-15(3)20-17(11-13)8-7-9-19-22(30-24(5,6)29-19)21(26)18(25)12-14(2)16(4)28-23(20)27/h7-8,10-12,14,16,19,22H,9H2,1-6H3/b8-7+,18-12+/t14-,16+,19+,22?/m1/s1. The zero-order valence-electron chi connectivity index (χ0n) is 18.3. The third-order valence-corrected chi connectivity index (χ3v) is 5.50. The first-order chi connectivity index (χ1) is 14.0. The number of carbonyl (C=O) groups excluding carboxylic acids is 2. The van der Waals surface area contributed by atoms with Crippen LogP contribution in [0.15, 0.2) is 30.1 Å². The Morgan fingerprint density at radius 1 is 1.10 bits per heavy atom. The van der Waals surface area contributed by atoms with Gasteiger partial charge in [-0.15, -0.1) is 0 Å². The molecule has 1 saturated heterocycles. The number of aryl methyl sites for hydroxylation is 2.